The lowest BCUT2D eigenvalue weighted by atomic mass is 10.1. The Kier molecular flexibility index (Phi) is 8.31. The molecule has 118 valence electrons. The molecule has 0 atom stereocenters. The predicted molar refractivity (Wildman–Crippen MR) is 88.9 cm³/mol. The van der Waals surface area contributed by atoms with Gasteiger partial charge in [0.25, 0.3) is 0 Å². The molecule has 1 aromatic carbocycles. The van der Waals surface area contributed by atoms with E-state index in [0.29, 0.717) is 25.1 Å². The van der Waals surface area contributed by atoms with Crippen molar-refractivity contribution in [2.24, 2.45) is 0 Å². The molecule has 0 spiro atoms. The molecular weight excluding hydrogens is 296 g/mol. The fourth-order valence-electron chi connectivity index (χ4n) is 1.82. The molecule has 1 rings (SSSR count). The number of nitrogens with zero attached hydrogens (tertiary/aromatic N) is 2. The minimum atomic E-state index is 0.00310. The molecule has 0 radical (unpaired) electrons. The van der Waals surface area contributed by atoms with Crippen LogP contribution in [-0.2, 0) is 4.79 Å². The second-order valence-corrected chi connectivity index (χ2v) is 6.11. The Morgan fingerprint density at radius 1 is 1.27 bits per heavy atom. The number of Topliss-reactive ketones (excluding diaryl/α,β-unsaturated/α-hetero) is 1. The molecule has 0 N–H and O–H groups in total. The Bertz CT molecular complexity index is 535. The van der Waals surface area contributed by atoms with Crippen molar-refractivity contribution >= 4 is 23.5 Å². The highest BCUT2D eigenvalue weighted by molar-refractivity contribution is 8.00. The van der Waals surface area contributed by atoms with Gasteiger partial charge in [-0.2, -0.15) is 5.26 Å². The topological polar surface area (TPSA) is 61.2 Å². The van der Waals surface area contributed by atoms with Crippen LogP contribution in [0.2, 0.25) is 0 Å². The first-order chi connectivity index (χ1) is 10.6. The standard InChI is InChI=1S/C17H22N2O2S/c1-3-4-6-16(20)14-7-9-15(10-8-14)22-13-17(21)19(2)12-5-11-18/h7-10H,3-6,12-13H2,1-2H3. The number of thioether (sulfide) groups is 1. The van der Waals surface area contributed by atoms with Crippen molar-refractivity contribution in [3.63, 3.8) is 0 Å². The Labute approximate surface area is 136 Å². The van der Waals surface area contributed by atoms with Crippen molar-refractivity contribution in [3.8, 4) is 6.07 Å². The van der Waals surface area contributed by atoms with Gasteiger partial charge in [-0.05, 0) is 18.6 Å². The molecule has 0 unspecified atom stereocenters. The van der Waals surface area contributed by atoms with E-state index in [0.717, 1.165) is 23.3 Å². The van der Waals surface area contributed by atoms with Gasteiger partial charge in [-0.3, -0.25) is 9.59 Å². The van der Waals surface area contributed by atoms with Gasteiger partial charge in [0.2, 0.25) is 5.91 Å². The number of nitriles is 1. The van der Waals surface area contributed by atoms with Crippen LogP contribution in [0.25, 0.3) is 0 Å². The highest BCUT2D eigenvalue weighted by atomic mass is 32.2. The third kappa shape index (κ3) is 6.31. The van der Waals surface area contributed by atoms with E-state index in [1.54, 1.807) is 11.9 Å². The van der Waals surface area contributed by atoms with Crippen molar-refractivity contribution < 1.29 is 9.59 Å². The summed E-state index contributed by atoms with van der Waals surface area (Å²) in [6, 6.07) is 9.44. The minimum Gasteiger partial charge on any atom is -0.344 e. The second-order valence-electron chi connectivity index (χ2n) is 5.06. The molecular formula is C17H22N2O2S. The average Bonchev–Trinajstić information content (AvgIpc) is 2.55. The Hall–Kier alpha value is -1.80. The number of hydrogen-bond acceptors (Lipinski definition) is 4. The minimum absolute atomic E-state index is 0.00310. The van der Waals surface area contributed by atoms with Crippen molar-refractivity contribution in [3.05, 3.63) is 29.8 Å². The van der Waals surface area contributed by atoms with E-state index in [1.165, 1.54) is 11.8 Å². The average molecular weight is 318 g/mol. The molecule has 5 heteroatoms. The summed E-state index contributed by atoms with van der Waals surface area (Å²) in [6.07, 6.45) is 2.87. The molecule has 0 aliphatic rings. The van der Waals surface area contributed by atoms with E-state index in [4.69, 9.17) is 5.26 Å². The van der Waals surface area contributed by atoms with Gasteiger partial charge in [-0.15, -0.1) is 11.8 Å². The number of carbonyl (C=O) groups is 2. The molecule has 0 fully saturated rings. The predicted octanol–water partition coefficient (Wildman–Crippen LogP) is 3.52. The molecule has 0 aromatic heterocycles. The quantitative estimate of drug-likeness (QED) is 0.516. The summed E-state index contributed by atoms with van der Waals surface area (Å²) in [5, 5.41) is 8.51. The van der Waals surface area contributed by atoms with Gasteiger partial charge in [0, 0.05) is 30.5 Å². The number of benzene rings is 1. The lowest BCUT2D eigenvalue weighted by molar-refractivity contribution is -0.127. The van der Waals surface area contributed by atoms with E-state index in [1.807, 2.05) is 30.3 Å². The zero-order chi connectivity index (χ0) is 16.4. The smallest absolute Gasteiger partial charge is 0.232 e. The highest BCUT2D eigenvalue weighted by Gasteiger charge is 2.09. The van der Waals surface area contributed by atoms with Crippen LogP contribution in [0.3, 0.4) is 0 Å². The van der Waals surface area contributed by atoms with E-state index < -0.39 is 0 Å². The number of rotatable bonds is 9. The van der Waals surface area contributed by atoms with Gasteiger partial charge in [0.1, 0.15) is 0 Å². The summed E-state index contributed by atoms with van der Waals surface area (Å²) in [5.74, 6) is 0.513. The fourth-order valence-corrected chi connectivity index (χ4v) is 2.66. The molecule has 0 aliphatic carbocycles. The Morgan fingerprint density at radius 3 is 2.55 bits per heavy atom. The van der Waals surface area contributed by atoms with Gasteiger partial charge in [-0.1, -0.05) is 25.5 Å². The molecule has 0 saturated carbocycles. The first-order valence-corrected chi connectivity index (χ1v) is 8.44. The fraction of sp³-hybridized carbons (Fsp3) is 0.471. The van der Waals surface area contributed by atoms with Gasteiger partial charge >= 0.3 is 0 Å². The second kappa shape index (κ2) is 10.0. The summed E-state index contributed by atoms with van der Waals surface area (Å²) in [6.45, 7) is 2.53. The van der Waals surface area contributed by atoms with Gasteiger partial charge in [0.05, 0.1) is 18.2 Å². The van der Waals surface area contributed by atoms with Crippen LogP contribution in [0.15, 0.2) is 29.2 Å². The lowest BCUT2D eigenvalue weighted by Gasteiger charge is -2.14. The molecule has 0 saturated heterocycles. The first-order valence-electron chi connectivity index (χ1n) is 7.45. The van der Waals surface area contributed by atoms with Crippen molar-refractivity contribution in [2.45, 2.75) is 37.5 Å². The van der Waals surface area contributed by atoms with Crippen LogP contribution >= 0.6 is 11.8 Å². The number of ketones is 1. The van der Waals surface area contributed by atoms with E-state index in [9.17, 15) is 9.59 Å². The van der Waals surface area contributed by atoms with Crippen LogP contribution in [0.4, 0.5) is 0 Å². The molecule has 1 aromatic rings. The summed E-state index contributed by atoms with van der Waals surface area (Å²) in [4.78, 5) is 26.3. The number of unbranched alkanes of at least 4 members (excludes halogenated alkanes) is 1. The summed E-state index contributed by atoms with van der Waals surface area (Å²) >= 11 is 1.44. The maximum Gasteiger partial charge on any atom is 0.232 e. The summed E-state index contributed by atoms with van der Waals surface area (Å²) in [7, 11) is 1.70. The largest absolute Gasteiger partial charge is 0.344 e. The van der Waals surface area contributed by atoms with E-state index in [2.05, 4.69) is 6.92 Å². The van der Waals surface area contributed by atoms with Crippen LogP contribution in [0.1, 0.15) is 43.0 Å². The molecule has 22 heavy (non-hydrogen) atoms. The third-order valence-corrected chi connectivity index (χ3v) is 4.28. The first kappa shape index (κ1) is 18.2. The normalized spacial score (nSPS) is 10.0. The van der Waals surface area contributed by atoms with Crippen LogP contribution < -0.4 is 0 Å². The maximum absolute atomic E-state index is 11.9. The van der Waals surface area contributed by atoms with Crippen LogP contribution in [0.5, 0.6) is 0 Å². The molecule has 1 amide bonds. The maximum atomic E-state index is 11.9. The molecule has 4 nitrogen and oxygen atoms in total. The number of amides is 1. The van der Waals surface area contributed by atoms with Crippen molar-refractivity contribution in [1.29, 1.82) is 5.26 Å². The van der Waals surface area contributed by atoms with Crippen LogP contribution in [0, 0.1) is 11.3 Å². The zero-order valence-electron chi connectivity index (χ0n) is 13.2. The monoisotopic (exact) mass is 318 g/mol. The van der Waals surface area contributed by atoms with Crippen molar-refractivity contribution in [2.75, 3.05) is 19.3 Å². The zero-order valence-corrected chi connectivity index (χ0v) is 14.0. The van der Waals surface area contributed by atoms with E-state index >= 15 is 0 Å². The SMILES string of the molecule is CCCCC(=O)c1ccc(SCC(=O)N(C)CCC#N)cc1. The number of carbonyl (C=O) groups excluding carboxylic acids is 2. The van der Waals surface area contributed by atoms with Crippen molar-refractivity contribution in [1.82, 2.24) is 4.90 Å². The number of hydrogen-bond donors (Lipinski definition) is 0. The summed E-state index contributed by atoms with van der Waals surface area (Å²) in [5.41, 5.74) is 0.732. The lowest BCUT2D eigenvalue weighted by Crippen LogP contribution is -2.29. The molecule has 0 heterocycles. The highest BCUT2D eigenvalue weighted by Crippen LogP contribution is 2.19. The molecule has 0 bridgehead atoms. The summed E-state index contributed by atoms with van der Waals surface area (Å²) < 4.78 is 0. The Morgan fingerprint density at radius 2 is 1.95 bits per heavy atom. The third-order valence-electron chi connectivity index (χ3n) is 3.28. The van der Waals surface area contributed by atoms with Crippen LogP contribution in [-0.4, -0.2) is 35.9 Å². The van der Waals surface area contributed by atoms with Gasteiger partial charge < -0.3 is 4.90 Å². The Balaban J connectivity index is 2.46. The van der Waals surface area contributed by atoms with Gasteiger partial charge in [-0.25, -0.2) is 0 Å². The van der Waals surface area contributed by atoms with Gasteiger partial charge in [0.15, 0.2) is 5.78 Å². The molecule has 0 aliphatic heterocycles. The van der Waals surface area contributed by atoms with E-state index in [-0.39, 0.29) is 11.7 Å².